The van der Waals surface area contributed by atoms with E-state index in [1.807, 2.05) is 6.20 Å². The smallest absolute Gasteiger partial charge is 0.0619 e. The molecule has 1 aromatic rings. The van der Waals surface area contributed by atoms with Crippen molar-refractivity contribution in [1.29, 1.82) is 0 Å². The Morgan fingerprint density at radius 1 is 1.55 bits per heavy atom. The van der Waals surface area contributed by atoms with E-state index in [0.29, 0.717) is 12.0 Å². The highest BCUT2D eigenvalue weighted by atomic mass is 32.1. The number of hydrogen-bond donors (Lipinski definition) is 2. The van der Waals surface area contributed by atoms with Gasteiger partial charge in [-0.3, -0.25) is 9.88 Å². The minimum absolute atomic E-state index is 0.219. The second-order valence-corrected chi connectivity index (χ2v) is 6.50. The minimum Gasteiger partial charge on any atom is -0.379 e. The number of rotatable bonds is 5. The molecule has 0 spiro atoms. The Labute approximate surface area is 132 Å². The largest absolute Gasteiger partial charge is 0.379 e. The molecular formula is C15H24N2OS2. The van der Waals surface area contributed by atoms with Crippen LogP contribution in [0.5, 0.6) is 0 Å². The summed E-state index contributed by atoms with van der Waals surface area (Å²) in [5.41, 5.74) is 2.35. The van der Waals surface area contributed by atoms with Crippen LogP contribution in [0.3, 0.4) is 0 Å². The van der Waals surface area contributed by atoms with Crippen LogP contribution >= 0.6 is 25.3 Å². The van der Waals surface area contributed by atoms with Gasteiger partial charge in [0.15, 0.2) is 0 Å². The highest BCUT2D eigenvalue weighted by molar-refractivity contribution is 7.81. The first-order valence-corrected chi connectivity index (χ1v) is 8.32. The standard InChI is InChI=1S/C15H24N2OS2/c1-11(10-19)15(20)13-3-4-16-14(7-13)8-17-5-6-18-9-12(17)2/h3-4,7,11-12,15,19-20H,5-6,8-10H2,1-2H3. The minimum atomic E-state index is 0.219. The van der Waals surface area contributed by atoms with Crippen LogP contribution in [0.25, 0.3) is 0 Å². The quantitative estimate of drug-likeness (QED) is 0.818. The van der Waals surface area contributed by atoms with Crippen molar-refractivity contribution in [1.82, 2.24) is 9.88 Å². The molecule has 3 unspecified atom stereocenters. The van der Waals surface area contributed by atoms with Gasteiger partial charge in [-0.1, -0.05) is 6.92 Å². The molecule has 0 bridgehead atoms. The van der Waals surface area contributed by atoms with Crippen LogP contribution in [0.1, 0.15) is 30.4 Å². The molecule has 112 valence electrons. The lowest BCUT2D eigenvalue weighted by Gasteiger charge is -2.33. The molecule has 0 saturated carbocycles. The highest BCUT2D eigenvalue weighted by Gasteiger charge is 2.20. The van der Waals surface area contributed by atoms with Gasteiger partial charge in [0.25, 0.3) is 0 Å². The zero-order chi connectivity index (χ0) is 14.5. The van der Waals surface area contributed by atoms with Gasteiger partial charge in [-0.2, -0.15) is 25.3 Å². The van der Waals surface area contributed by atoms with E-state index in [9.17, 15) is 0 Å². The number of thiol groups is 2. The summed E-state index contributed by atoms with van der Waals surface area (Å²) in [6.07, 6.45) is 1.89. The summed E-state index contributed by atoms with van der Waals surface area (Å²) in [4.78, 5) is 6.92. The average Bonchev–Trinajstić information content (AvgIpc) is 2.48. The molecule has 2 rings (SSSR count). The predicted octanol–water partition coefficient (Wildman–Crippen LogP) is 2.84. The fourth-order valence-corrected chi connectivity index (χ4v) is 3.04. The van der Waals surface area contributed by atoms with E-state index in [4.69, 9.17) is 17.4 Å². The molecule has 0 aliphatic carbocycles. The molecule has 0 N–H and O–H groups in total. The van der Waals surface area contributed by atoms with E-state index in [1.165, 1.54) is 5.56 Å². The molecular weight excluding hydrogens is 288 g/mol. The summed E-state index contributed by atoms with van der Waals surface area (Å²) in [5.74, 6) is 1.28. The molecule has 3 nitrogen and oxygen atoms in total. The first-order valence-electron chi connectivity index (χ1n) is 7.17. The summed E-state index contributed by atoms with van der Waals surface area (Å²) < 4.78 is 5.47. The normalized spacial score (nSPS) is 23.5. The highest BCUT2D eigenvalue weighted by Crippen LogP contribution is 2.29. The first-order chi connectivity index (χ1) is 9.61. The SMILES string of the molecule is CC(CS)C(S)c1ccnc(CN2CCOCC2C)c1. The lowest BCUT2D eigenvalue weighted by atomic mass is 10.0. The van der Waals surface area contributed by atoms with Gasteiger partial charge in [0.05, 0.1) is 18.9 Å². The summed E-state index contributed by atoms with van der Waals surface area (Å²) in [7, 11) is 0. The van der Waals surface area contributed by atoms with Crippen molar-refractivity contribution in [2.24, 2.45) is 5.92 Å². The van der Waals surface area contributed by atoms with Crippen molar-refractivity contribution in [3.05, 3.63) is 29.6 Å². The van der Waals surface area contributed by atoms with Crippen LogP contribution in [-0.4, -0.2) is 41.4 Å². The van der Waals surface area contributed by atoms with Crippen molar-refractivity contribution in [3.8, 4) is 0 Å². The topological polar surface area (TPSA) is 25.4 Å². The first kappa shape index (κ1) is 16.1. The van der Waals surface area contributed by atoms with Crippen molar-refractivity contribution < 1.29 is 4.74 Å². The van der Waals surface area contributed by atoms with E-state index in [1.54, 1.807) is 0 Å². The second kappa shape index (κ2) is 7.69. The number of pyridine rings is 1. The van der Waals surface area contributed by atoms with Crippen LogP contribution in [0.4, 0.5) is 0 Å². The van der Waals surface area contributed by atoms with Crippen molar-refractivity contribution in [2.75, 3.05) is 25.5 Å². The van der Waals surface area contributed by atoms with Crippen LogP contribution < -0.4 is 0 Å². The summed E-state index contributed by atoms with van der Waals surface area (Å²) >= 11 is 9.08. The monoisotopic (exact) mass is 312 g/mol. The molecule has 1 fully saturated rings. The third-order valence-electron chi connectivity index (χ3n) is 3.88. The number of nitrogens with zero attached hydrogens (tertiary/aromatic N) is 2. The Kier molecular flexibility index (Phi) is 6.20. The Hall–Kier alpha value is -0.230. The number of morpholine rings is 1. The lowest BCUT2D eigenvalue weighted by molar-refractivity contribution is -0.00491. The fourth-order valence-electron chi connectivity index (χ4n) is 2.40. The van der Waals surface area contributed by atoms with Crippen molar-refractivity contribution in [2.45, 2.75) is 31.7 Å². The van der Waals surface area contributed by atoms with Gasteiger partial charge in [-0.15, -0.1) is 0 Å². The number of ether oxygens (including phenoxy) is 1. The third-order valence-corrected chi connectivity index (χ3v) is 5.26. The second-order valence-electron chi connectivity index (χ2n) is 5.58. The van der Waals surface area contributed by atoms with Crippen LogP contribution in [0.15, 0.2) is 18.3 Å². The Morgan fingerprint density at radius 2 is 2.35 bits per heavy atom. The van der Waals surface area contributed by atoms with Gasteiger partial charge >= 0.3 is 0 Å². The third kappa shape index (κ3) is 4.13. The molecule has 20 heavy (non-hydrogen) atoms. The Morgan fingerprint density at radius 3 is 3.05 bits per heavy atom. The van der Waals surface area contributed by atoms with Gasteiger partial charge in [0.2, 0.25) is 0 Å². The van der Waals surface area contributed by atoms with Gasteiger partial charge in [0.1, 0.15) is 0 Å². The van der Waals surface area contributed by atoms with Gasteiger partial charge in [0, 0.05) is 30.6 Å². The maximum absolute atomic E-state index is 5.47. The molecule has 0 radical (unpaired) electrons. The Bertz CT molecular complexity index is 430. The molecule has 1 saturated heterocycles. The fraction of sp³-hybridized carbons (Fsp3) is 0.667. The molecule has 5 heteroatoms. The van der Waals surface area contributed by atoms with Crippen molar-refractivity contribution in [3.63, 3.8) is 0 Å². The molecule has 0 aromatic carbocycles. The molecule has 1 aliphatic rings. The Balaban J connectivity index is 2.05. The maximum Gasteiger partial charge on any atom is 0.0619 e. The summed E-state index contributed by atoms with van der Waals surface area (Å²) in [5, 5.41) is 0.219. The molecule has 2 heterocycles. The van der Waals surface area contributed by atoms with Crippen LogP contribution in [0.2, 0.25) is 0 Å². The molecule has 1 aliphatic heterocycles. The zero-order valence-electron chi connectivity index (χ0n) is 12.2. The van der Waals surface area contributed by atoms with E-state index < -0.39 is 0 Å². The molecule has 0 amide bonds. The summed E-state index contributed by atoms with van der Waals surface area (Å²) in [6.45, 7) is 7.86. The average molecular weight is 313 g/mol. The van der Waals surface area contributed by atoms with E-state index >= 15 is 0 Å². The van der Waals surface area contributed by atoms with Crippen LogP contribution in [-0.2, 0) is 11.3 Å². The predicted molar refractivity (Wildman–Crippen MR) is 89.7 cm³/mol. The van der Waals surface area contributed by atoms with Crippen molar-refractivity contribution >= 4 is 25.3 Å². The zero-order valence-corrected chi connectivity index (χ0v) is 14.0. The van der Waals surface area contributed by atoms with Crippen LogP contribution in [0, 0.1) is 5.92 Å². The number of hydrogen-bond acceptors (Lipinski definition) is 5. The van der Waals surface area contributed by atoms with E-state index in [0.717, 1.165) is 37.8 Å². The number of aromatic nitrogens is 1. The maximum atomic E-state index is 5.47. The molecule has 1 aromatic heterocycles. The lowest BCUT2D eigenvalue weighted by Crippen LogP contribution is -2.43. The van der Waals surface area contributed by atoms with Gasteiger partial charge in [-0.25, -0.2) is 0 Å². The molecule has 3 atom stereocenters. The van der Waals surface area contributed by atoms with Gasteiger partial charge in [-0.05, 0) is 36.3 Å². The van der Waals surface area contributed by atoms with E-state index in [2.05, 4.69) is 48.5 Å². The van der Waals surface area contributed by atoms with Gasteiger partial charge < -0.3 is 4.74 Å². The summed E-state index contributed by atoms with van der Waals surface area (Å²) in [6, 6.07) is 4.70. The van der Waals surface area contributed by atoms with E-state index in [-0.39, 0.29) is 5.25 Å².